The van der Waals surface area contributed by atoms with Gasteiger partial charge in [0.2, 0.25) is 0 Å². The van der Waals surface area contributed by atoms with E-state index in [-0.39, 0.29) is 12.0 Å². The number of nitrogens with zero attached hydrogens (tertiary/aromatic N) is 6. The minimum absolute atomic E-state index is 0.205. The lowest BCUT2D eigenvalue weighted by atomic mass is 10.0. The molecule has 6 rings (SSSR count). The van der Waals surface area contributed by atoms with E-state index in [4.69, 9.17) is 14.7 Å². The van der Waals surface area contributed by atoms with Crippen molar-refractivity contribution in [1.82, 2.24) is 29.8 Å². The average molecular weight is 451 g/mol. The van der Waals surface area contributed by atoms with Crippen LogP contribution in [0.15, 0.2) is 36.7 Å². The van der Waals surface area contributed by atoms with Gasteiger partial charge in [-0.05, 0) is 49.9 Å². The molecule has 0 bridgehead atoms. The Kier molecular flexibility index (Phi) is 5.01. The van der Waals surface area contributed by atoms with E-state index < -0.39 is 11.6 Å². The van der Waals surface area contributed by atoms with Crippen molar-refractivity contribution >= 4 is 11.5 Å². The maximum atomic E-state index is 14.5. The quantitative estimate of drug-likeness (QED) is 0.504. The standard InChI is InChI=1S/C23H23F2N7O/c24-15-5-6-18(25)16(11-15)19-4-1-8-31(19)20-7-9-32-23(27-20)17(12-26-32)22-28-21(29-30-22)14-3-2-10-33-13-14/h5-7,9,11-12,14,19H,1-4,8,10,13H2,(H,28,29,30)/t14?,19-/m1/s1. The Bertz CT molecular complexity index is 1300. The Hall–Kier alpha value is -3.40. The van der Waals surface area contributed by atoms with Gasteiger partial charge in [-0.25, -0.2) is 23.3 Å². The fourth-order valence-electron chi connectivity index (χ4n) is 4.84. The van der Waals surface area contributed by atoms with Gasteiger partial charge in [0, 0.05) is 30.8 Å². The maximum absolute atomic E-state index is 14.5. The fraction of sp³-hybridized carbons (Fsp3) is 0.391. The van der Waals surface area contributed by atoms with E-state index in [0.29, 0.717) is 41.6 Å². The van der Waals surface area contributed by atoms with Crippen LogP contribution in [0.25, 0.3) is 17.0 Å². The van der Waals surface area contributed by atoms with E-state index in [2.05, 4.69) is 15.3 Å². The predicted octanol–water partition coefficient (Wildman–Crippen LogP) is 4.03. The van der Waals surface area contributed by atoms with Gasteiger partial charge in [0.05, 0.1) is 24.4 Å². The Labute approximate surface area is 188 Å². The van der Waals surface area contributed by atoms with Crippen molar-refractivity contribution in [1.29, 1.82) is 0 Å². The summed E-state index contributed by atoms with van der Waals surface area (Å²) in [5.74, 6) is 1.39. The smallest absolute Gasteiger partial charge is 0.186 e. The van der Waals surface area contributed by atoms with Crippen LogP contribution >= 0.6 is 0 Å². The number of benzene rings is 1. The topological polar surface area (TPSA) is 84.2 Å². The number of hydrogen-bond donors (Lipinski definition) is 1. The number of aromatic amines is 1. The summed E-state index contributed by atoms with van der Waals surface area (Å²) in [5, 5.41) is 11.8. The zero-order valence-corrected chi connectivity index (χ0v) is 17.9. The Morgan fingerprint density at radius 1 is 1.09 bits per heavy atom. The number of aromatic nitrogens is 6. The third-order valence-corrected chi connectivity index (χ3v) is 6.51. The molecule has 3 aromatic heterocycles. The second kappa shape index (κ2) is 8.18. The lowest BCUT2D eigenvalue weighted by Crippen LogP contribution is -2.24. The van der Waals surface area contributed by atoms with Gasteiger partial charge in [-0.3, -0.25) is 5.10 Å². The molecule has 170 valence electrons. The van der Waals surface area contributed by atoms with Gasteiger partial charge in [0.25, 0.3) is 0 Å². The van der Waals surface area contributed by atoms with E-state index in [1.165, 1.54) is 12.1 Å². The van der Waals surface area contributed by atoms with E-state index in [1.54, 1.807) is 10.7 Å². The molecule has 2 aliphatic rings. The van der Waals surface area contributed by atoms with Crippen LogP contribution in [0.2, 0.25) is 0 Å². The number of fused-ring (bicyclic) bond motifs is 1. The second-order valence-corrected chi connectivity index (χ2v) is 8.59. The first kappa shape index (κ1) is 20.2. The van der Waals surface area contributed by atoms with Crippen molar-refractivity contribution in [2.75, 3.05) is 24.7 Å². The molecule has 0 radical (unpaired) electrons. The van der Waals surface area contributed by atoms with Crippen molar-refractivity contribution in [2.24, 2.45) is 0 Å². The first-order valence-electron chi connectivity index (χ1n) is 11.2. The largest absolute Gasteiger partial charge is 0.381 e. The minimum atomic E-state index is -0.441. The molecule has 8 nitrogen and oxygen atoms in total. The Balaban J connectivity index is 1.34. The van der Waals surface area contributed by atoms with Gasteiger partial charge in [-0.15, -0.1) is 0 Å². The number of rotatable bonds is 4. The summed E-state index contributed by atoms with van der Waals surface area (Å²) in [6.45, 7) is 2.13. The molecule has 0 amide bonds. The molecule has 0 aliphatic carbocycles. The molecule has 5 heterocycles. The average Bonchev–Trinajstić information content (AvgIpc) is 3.60. The molecule has 33 heavy (non-hydrogen) atoms. The SMILES string of the molecule is Fc1ccc(F)c([C@H]2CCCN2c2ccn3ncc(-c4n[nH]c(C5CCCOC5)n4)c3n2)c1. The third-order valence-electron chi connectivity index (χ3n) is 6.51. The van der Waals surface area contributed by atoms with E-state index in [0.717, 1.165) is 44.2 Å². The Morgan fingerprint density at radius 3 is 2.91 bits per heavy atom. The van der Waals surface area contributed by atoms with Gasteiger partial charge in [-0.2, -0.15) is 10.2 Å². The van der Waals surface area contributed by atoms with Gasteiger partial charge in [0.1, 0.15) is 23.3 Å². The van der Waals surface area contributed by atoms with E-state index >= 15 is 0 Å². The highest BCUT2D eigenvalue weighted by Gasteiger charge is 2.30. The number of H-pyrrole nitrogens is 1. The van der Waals surface area contributed by atoms with Crippen LogP contribution in [0.3, 0.4) is 0 Å². The van der Waals surface area contributed by atoms with Crippen LogP contribution < -0.4 is 4.90 Å². The lowest BCUT2D eigenvalue weighted by molar-refractivity contribution is 0.0781. The van der Waals surface area contributed by atoms with E-state index in [1.807, 2.05) is 17.2 Å². The summed E-state index contributed by atoms with van der Waals surface area (Å²) in [6.07, 6.45) is 7.13. The lowest BCUT2D eigenvalue weighted by Gasteiger charge is -2.26. The molecule has 10 heteroatoms. The van der Waals surface area contributed by atoms with Gasteiger partial charge >= 0.3 is 0 Å². The Morgan fingerprint density at radius 2 is 2.03 bits per heavy atom. The number of anilines is 1. The number of hydrogen-bond acceptors (Lipinski definition) is 6. The van der Waals surface area contributed by atoms with Crippen molar-refractivity contribution in [3.63, 3.8) is 0 Å². The van der Waals surface area contributed by atoms with E-state index in [9.17, 15) is 8.78 Å². The van der Waals surface area contributed by atoms with Gasteiger partial charge in [-0.1, -0.05) is 0 Å². The van der Waals surface area contributed by atoms with Crippen LogP contribution in [-0.2, 0) is 4.74 Å². The summed E-state index contributed by atoms with van der Waals surface area (Å²) in [7, 11) is 0. The molecule has 2 fully saturated rings. The maximum Gasteiger partial charge on any atom is 0.186 e. The summed E-state index contributed by atoms with van der Waals surface area (Å²) < 4.78 is 35.6. The zero-order valence-electron chi connectivity index (χ0n) is 17.9. The first-order chi connectivity index (χ1) is 16.2. The first-order valence-corrected chi connectivity index (χ1v) is 11.2. The third kappa shape index (κ3) is 3.64. The summed E-state index contributed by atoms with van der Waals surface area (Å²) in [6, 6.07) is 5.19. The van der Waals surface area contributed by atoms with Crippen molar-refractivity contribution < 1.29 is 13.5 Å². The monoisotopic (exact) mass is 451 g/mol. The van der Waals surface area contributed by atoms with Crippen LogP contribution in [0.4, 0.5) is 14.6 Å². The molecular formula is C23H23F2N7O. The molecule has 4 aromatic rings. The van der Waals surface area contributed by atoms with Gasteiger partial charge in [0.15, 0.2) is 11.5 Å². The number of halogens is 2. The molecule has 0 saturated carbocycles. The summed E-state index contributed by atoms with van der Waals surface area (Å²) >= 11 is 0. The van der Waals surface area contributed by atoms with Gasteiger partial charge < -0.3 is 9.64 Å². The highest BCUT2D eigenvalue weighted by molar-refractivity contribution is 5.73. The minimum Gasteiger partial charge on any atom is -0.381 e. The van der Waals surface area contributed by atoms with Crippen molar-refractivity contribution in [3.8, 4) is 11.4 Å². The predicted molar refractivity (Wildman–Crippen MR) is 117 cm³/mol. The summed E-state index contributed by atoms with van der Waals surface area (Å²) in [4.78, 5) is 11.6. The second-order valence-electron chi connectivity index (χ2n) is 8.59. The van der Waals surface area contributed by atoms with Crippen molar-refractivity contribution in [3.05, 3.63) is 59.7 Å². The fourth-order valence-corrected chi connectivity index (χ4v) is 4.84. The molecular weight excluding hydrogens is 428 g/mol. The van der Waals surface area contributed by atoms with Crippen LogP contribution in [0.1, 0.15) is 49.0 Å². The molecule has 1 aromatic carbocycles. The van der Waals surface area contributed by atoms with Crippen LogP contribution in [0, 0.1) is 11.6 Å². The summed E-state index contributed by atoms with van der Waals surface area (Å²) in [5.41, 5.74) is 1.68. The molecule has 2 aliphatic heterocycles. The zero-order chi connectivity index (χ0) is 22.4. The number of ether oxygens (including phenoxy) is 1. The highest BCUT2D eigenvalue weighted by Crippen LogP contribution is 2.37. The normalized spacial score (nSPS) is 21.2. The molecule has 1 N–H and O–H groups in total. The molecule has 2 atom stereocenters. The highest BCUT2D eigenvalue weighted by atomic mass is 19.1. The molecule has 0 spiro atoms. The molecule has 2 saturated heterocycles. The van der Waals surface area contributed by atoms with Crippen molar-refractivity contribution in [2.45, 2.75) is 37.6 Å². The number of nitrogens with one attached hydrogen (secondary N) is 1. The van der Waals surface area contributed by atoms with Crippen LogP contribution in [-0.4, -0.2) is 49.5 Å². The molecule has 1 unspecified atom stereocenters. The van der Waals surface area contributed by atoms with Crippen LogP contribution in [0.5, 0.6) is 0 Å².